The summed E-state index contributed by atoms with van der Waals surface area (Å²) < 4.78 is 6.47. The average molecular weight is 354 g/mol. The van der Waals surface area contributed by atoms with E-state index in [1.54, 1.807) is 0 Å². The van der Waals surface area contributed by atoms with E-state index < -0.39 is 0 Å². The molecular weight excluding hydrogens is 336 g/mol. The van der Waals surface area contributed by atoms with Crippen molar-refractivity contribution in [3.05, 3.63) is 63.1 Å². The lowest BCUT2D eigenvalue weighted by molar-refractivity contribution is 0.340. The summed E-state index contributed by atoms with van der Waals surface area (Å²) in [7, 11) is 0. The van der Waals surface area contributed by atoms with Crippen LogP contribution in [-0.2, 0) is 0 Å². The third-order valence-electron chi connectivity index (χ3n) is 3.26. The maximum Gasteiger partial charge on any atom is 0.120 e. The smallest absolute Gasteiger partial charge is 0.120 e. The van der Waals surface area contributed by atoms with Crippen LogP contribution in [0.5, 0.6) is 5.75 Å². The van der Waals surface area contributed by atoms with Crippen LogP contribution in [0.3, 0.4) is 0 Å². The maximum absolute atomic E-state index is 6.67. The SMILES string of the molecule is CCOc1ccc(C(Cl)c2cc(C)ccc2C)c(Br)c1. The lowest BCUT2D eigenvalue weighted by atomic mass is 9.98. The largest absolute Gasteiger partial charge is 0.494 e. The van der Waals surface area contributed by atoms with Crippen LogP contribution in [-0.4, -0.2) is 6.61 Å². The Kier molecular flexibility index (Phi) is 5.11. The predicted molar refractivity (Wildman–Crippen MR) is 88.9 cm³/mol. The van der Waals surface area contributed by atoms with E-state index >= 15 is 0 Å². The van der Waals surface area contributed by atoms with Crippen molar-refractivity contribution in [1.82, 2.24) is 0 Å². The Balaban J connectivity index is 2.38. The van der Waals surface area contributed by atoms with Crippen molar-refractivity contribution < 1.29 is 4.74 Å². The molecule has 0 saturated heterocycles. The van der Waals surface area contributed by atoms with Gasteiger partial charge in [-0.15, -0.1) is 11.6 Å². The average Bonchev–Trinajstić information content (AvgIpc) is 2.41. The number of halogens is 2. The molecule has 0 amide bonds. The molecule has 0 spiro atoms. The summed E-state index contributed by atoms with van der Waals surface area (Å²) in [6, 6.07) is 12.3. The standard InChI is InChI=1S/C17H18BrClO/c1-4-20-13-7-8-14(16(18)10-13)17(19)15-9-11(2)5-6-12(15)3/h5-10,17H,4H2,1-3H3. The first-order chi connectivity index (χ1) is 9.52. The first kappa shape index (κ1) is 15.4. The van der Waals surface area contributed by atoms with E-state index in [1.807, 2.05) is 25.1 Å². The van der Waals surface area contributed by atoms with Crippen LogP contribution in [0.25, 0.3) is 0 Å². The van der Waals surface area contributed by atoms with Crippen molar-refractivity contribution in [2.24, 2.45) is 0 Å². The lowest BCUT2D eigenvalue weighted by Crippen LogP contribution is -1.99. The molecule has 0 aliphatic rings. The highest BCUT2D eigenvalue weighted by Gasteiger charge is 2.16. The van der Waals surface area contributed by atoms with Gasteiger partial charge in [-0.2, -0.15) is 0 Å². The van der Waals surface area contributed by atoms with Gasteiger partial charge in [0.1, 0.15) is 5.75 Å². The van der Waals surface area contributed by atoms with Gasteiger partial charge < -0.3 is 4.74 Å². The van der Waals surface area contributed by atoms with Crippen LogP contribution in [0.15, 0.2) is 40.9 Å². The zero-order valence-electron chi connectivity index (χ0n) is 11.9. The number of hydrogen-bond acceptors (Lipinski definition) is 1. The second kappa shape index (κ2) is 6.64. The summed E-state index contributed by atoms with van der Waals surface area (Å²) >= 11 is 10.3. The number of ether oxygens (including phenoxy) is 1. The predicted octanol–water partition coefficient (Wildman–Crippen LogP) is 5.79. The molecule has 0 N–H and O–H groups in total. The Morgan fingerprint density at radius 2 is 1.85 bits per heavy atom. The Labute approximate surface area is 134 Å². The molecule has 1 unspecified atom stereocenters. The van der Waals surface area contributed by atoms with Gasteiger partial charge in [0.2, 0.25) is 0 Å². The van der Waals surface area contributed by atoms with Crippen molar-refractivity contribution in [3.63, 3.8) is 0 Å². The van der Waals surface area contributed by atoms with Crippen molar-refractivity contribution >= 4 is 27.5 Å². The molecule has 3 heteroatoms. The molecule has 0 heterocycles. The third kappa shape index (κ3) is 3.36. The van der Waals surface area contributed by atoms with E-state index in [4.69, 9.17) is 16.3 Å². The van der Waals surface area contributed by atoms with Crippen LogP contribution < -0.4 is 4.74 Å². The number of aryl methyl sites for hydroxylation is 2. The second-order valence-corrected chi connectivity index (χ2v) is 6.13. The zero-order valence-corrected chi connectivity index (χ0v) is 14.3. The van der Waals surface area contributed by atoms with Gasteiger partial charge in [0.15, 0.2) is 0 Å². The van der Waals surface area contributed by atoms with E-state index in [1.165, 1.54) is 11.1 Å². The minimum Gasteiger partial charge on any atom is -0.494 e. The minimum atomic E-state index is -0.167. The molecule has 0 bridgehead atoms. The van der Waals surface area contributed by atoms with Crippen LogP contribution in [0.4, 0.5) is 0 Å². The fourth-order valence-electron chi connectivity index (χ4n) is 2.17. The van der Waals surface area contributed by atoms with Crippen molar-refractivity contribution in [2.75, 3.05) is 6.61 Å². The molecule has 1 atom stereocenters. The Hall–Kier alpha value is -0.990. The van der Waals surface area contributed by atoms with Crippen molar-refractivity contribution in [2.45, 2.75) is 26.1 Å². The van der Waals surface area contributed by atoms with E-state index in [0.717, 1.165) is 21.3 Å². The number of alkyl halides is 1. The van der Waals surface area contributed by atoms with Crippen molar-refractivity contribution in [1.29, 1.82) is 0 Å². The van der Waals surface area contributed by atoms with Gasteiger partial charge in [0.05, 0.1) is 12.0 Å². The Morgan fingerprint density at radius 1 is 1.10 bits per heavy atom. The molecule has 0 fully saturated rings. The first-order valence-electron chi connectivity index (χ1n) is 6.66. The summed E-state index contributed by atoms with van der Waals surface area (Å²) in [5, 5.41) is -0.167. The minimum absolute atomic E-state index is 0.167. The zero-order chi connectivity index (χ0) is 14.7. The molecule has 0 aliphatic carbocycles. The highest BCUT2D eigenvalue weighted by atomic mass is 79.9. The quantitative estimate of drug-likeness (QED) is 0.632. The highest BCUT2D eigenvalue weighted by Crippen LogP contribution is 2.37. The third-order valence-corrected chi connectivity index (χ3v) is 4.42. The van der Waals surface area contributed by atoms with E-state index in [-0.39, 0.29) is 5.38 Å². The van der Waals surface area contributed by atoms with Gasteiger partial charge in [-0.1, -0.05) is 45.8 Å². The van der Waals surface area contributed by atoms with Crippen LogP contribution in [0.2, 0.25) is 0 Å². The van der Waals surface area contributed by atoms with Crippen LogP contribution in [0.1, 0.15) is 34.6 Å². The van der Waals surface area contributed by atoms with E-state index in [2.05, 4.69) is 48.0 Å². The molecule has 2 aromatic rings. The molecule has 0 saturated carbocycles. The summed E-state index contributed by atoms with van der Waals surface area (Å²) in [4.78, 5) is 0. The Morgan fingerprint density at radius 3 is 2.50 bits per heavy atom. The molecule has 20 heavy (non-hydrogen) atoms. The maximum atomic E-state index is 6.67. The monoisotopic (exact) mass is 352 g/mol. The Bertz CT molecular complexity index is 610. The van der Waals surface area contributed by atoms with Gasteiger partial charge in [-0.25, -0.2) is 0 Å². The number of benzene rings is 2. The summed E-state index contributed by atoms with van der Waals surface area (Å²) in [5.41, 5.74) is 4.63. The van der Waals surface area contributed by atoms with Gasteiger partial charge in [0.25, 0.3) is 0 Å². The topological polar surface area (TPSA) is 9.23 Å². The van der Waals surface area contributed by atoms with E-state index in [9.17, 15) is 0 Å². The molecule has 2 aromatic carbocycles. The fourth-order valence-corrected chi connectivity index (χ4v) is 3.31. The summed E-state index contributed by atoms with van der Waals surface area (Å²) in [6.45, 7) is 6.81. The fraction of sp³-hybridized carbons (Fsp3) is 0.294. The van der Waals surface area contributed by atoms with Gasteiger partial charge in [-0.3, -0.25) is 0 Å². The van der Waals surface area contributed by atoms with Gasteiger partial charge in [0, 0.05) is 4.47 Å². The number of hydrogen-bond donors (Lipinski definition) is 0. The first-order valence-corrected chi connectivity index (χ1v) is 7.89. The summed E-state index contributed by atoms with van der Waals surface area (Å²) in [5.74, 6) is 0.855. The van der Waals surface area contributed by atoms with E-state index in [0.29, 0.717) is 6.61 Å². The number of rotatable bonds is 4. The summed E-state index contributed by atoms with van der Waals surface area (Å²) in [6.07, 6.45) is 0. The molecular formula is C17H18BrClO. The molecule has 1 nitrogen and oxygen atoms in total. The molecule has 0 aromatic heterocycles. The van der Waals surface area contributed by atoms with Crippen LogP contribution in [0, 0.1) is 13.8 Å². The van der Waals surface area contributed by atoms with Crippen LogP contribution >= 0.6 is 27.5 Å². The van der Waals surface area contributed by atoms with Gasteiger partial charge in [-0.05, 0) is 49.6 Å². The van der Waals surface area contributed by atoms with Crippen molar-refractivity contribution in [3.8, 4) is 5.75 Å². The molecule has 2 rings (SSSR count). The second-order valence-electron chi connectivity index (χ2n) is 4.84. The lowest BCUT2D eigenvalue weighted by Gasteiger charge is -2.16. The molecule has 106 valence electrons. The normalized spacial score (nSPS) is 12.2. The van der Waals surface area contributed by atoms with Gasteiger partial charge >= 0.3 is 0 Å². The molecule has 0 aliphatic heterocycles. The molecule has 0 radical (unpaired) electrons. The highest BCUT2D eigenvalue weighted by molar-refractivity contribution is 9.10.